The van der Waals surface area contributed by atoms with E-state index in [-0.39, 0.29) is 24.9 Å². The summed E-state index contributed by atoms with van der Waals surface area (Å²) in [5.41, 5.74) is 0. The second kappa shape index (κ2) is 48.8. The van der Waals surface area contributed by atoms with Gasteiger partial charge in [0, 0.05) is 6.42 Å². The van der Waals surface area contributed by atoms with Gasteiger partial charge in [-0.25, -0.2) is 0 Å². The summed E-state index contributed by atoms with van der Waals surface area (Å²) in [6.07, 6.45) is 58.8. The number of unbranched alkanes of at least 4 members (excludes halogenated alkanes) is 28. The summed E-state index contributed by atoms with van der Waals surface area (Å²) >= 11 is 0. The van der Waals surface area contributed by atoms with Gasteiger partial charge in [0.2, 0.25) is 5.91 Å². The fraction of sp³-hybridized carbons (Fsp3) is 0.818. The number of carbonyl (C=O) groups excluding carboxylic acids is 2. The van der Waals surface area contributed by atoms with Crippen LogP contribution in [-0.4, -0.2) is 46.9 Å². The molecule has 0 rings (SSSR count). The van der Waals surface area contributed by atoms with E-state index in [9.17, 15) is 19.8 Å². The number of rotatable bonds is 47. The van der Waals surface area contributed by atoms with Crippen LogP contribution in [0.1, 0.15) is 265 Å². The fourth-order valence-electron chi connectivity index (χ4n) is 7.86. The Bertz CT molecular complexity index is 1050. The molecule has 6 heteroatoms. The maximum absolute atomic E-state index is 13.2. The lowest BCUT2D eigenvalue weighted by atomic mass is 10.0. The van der Waals surface area contributed by atoms with Gasteiger partial charge in [0.25, 0.3) is 0 Å². The Balaban J connectivity index is 4.54. The summed E-state index contributed by atoms with van der Waals surface area (Å²) in [6, 6.07) is -0.707. The molecule has 0 heterocycles. The third kappa shape index (κ3) is 44.2. The standard InChI is InChI=1S/C55H101NO5/c1-4-7-10-13-16-19-22-24-25-26-27-28-29-31-33-36-39-42-45-48-55(60)61-51(46-43-40-37-34-32-30-23-20-17-14-11-8-5-2)49-54(59)56-52(50-57)53(58)47-44-41-38-35-21-18-15-12-9-6-3/h16-17,19-20,23-25,30,51-53,57-58H,4-15,18,21-22,26-29,31-50H2,1-3H3,(H,56,59)/b19-16-,20-17+,25-24-,30-23+. The minimum absolute atomic E-state index is 0.0629. The molecular formula is C55H101NO5. The molecule has 0 bridgehead atoms. The second-order valence-corrected chi connectivity index (χ2v) is 17.9. The van der Waals surface area contributed by atoms with Crippen LogP contribution in [0.15, 0.2) is 48.6 Å². The second-order valence-electron chi connectivity index (χ2n) is 17.9. The number of aliphatic hydroxyl groups is 2. The molecule has 0 spiro atoms. The van der Waals surface area contributed by atoms with Crippen molar-refractivity contribution in [2.24, 2.45) is 0 Å². The number of esters is 1. The van der Waals surface area contributed by atoms with Crippen LogP contribution < -0.4 is 5.32 Å². The van der Waals surface area contributed by atoms with Crippen LogP contribution in [0.25, 0.3) is 0 Å². The van der Waals surface area contributed by atoms with E-state index in [4.69, 9.17) is 4.74 Å². The maximum Gasteiger partial charge on any atom is 0.306 e. The molecule has 3 N–H and O–H groups in total. The Morgan fingerprint density at radius 3 is 1.38 bits per heavy atom. The van der Waals surface area contributed by atoms with E-state index in [1.807, 2.05) is 0 Å². The quantitative estimate of drug-likeness (QED) is 0.0245. The molecule has 0 aromatic heterocycles. The normalized spacial score (nSPS) is 13.6. The molecule has 1 amide bonds. The number of aliphatic hydroxyl groups excluding tert-OH is 2. The van der Waals surface area contributed by atoms with Gasteiger partial charge in [0.1, 0.15) is 6.10 Å². The van der Waals surface area contributed by atoms with E-state index >= 15 is 0 Å². The third-order valence-electron chi connectivity index (χ3n) is 11.9. The minimum atomic E-state index is -0.792. The van der Waals surface area contributed by atoms with Gasteiger partial charge in [-0.15, -0.1) is 0 Å². The Morgan fingerprint density at radius 2 is 0.885 bits per heavy atom. The molecule has 0 aliphatic carbocycles. The van der Waals surface area contributed by atoms with E-state index in [1.165, 1.54) is 135 Å². The molecule has 0 saturated heterocycles. The van der Waals surface area contributed by atoms with Crippen LogP contribution >= 0.6 is 0 Å². The van der Waals surface area contributed by atoms with Gasteiger partial charge in [0.15, 0.2) is 0 Å². The molecule has 0 aliphatic heterocycles. The van der Waals surface area contributed by atoms with Crippen molar-refractivity contribution in [2.75, 3.05) is 6.61 Å². The third-order valence-corrected chi connectivity index (χ3v) is 11.9. The number of carbonyl (C=O) groups is 2. The SMILES string of the molecule is CCCCC/C=C\C/C=C\CCCCCCCCCCCC(=O)OC(CCCCCC/C=C/C=C/CCCCC)CC(=O)NC(CO)C(O)CCCCCCCCCCCC. The highest BCUT2D eigenvalue weighted by Gasteiger charge is 2.24. The molecule has 0 aromatic rings. The fourth-order valence-corrected chi connectivity index (χ4v) is 7.86. The molecule has 0 radical (unpaired) electrons. The average Bonchev–Trinajstić information content (AvgIpc) is 3.25. The van der Waals surface area contributed by atoms with Gasteiger partial charge >= 0.3 is 5.97 Å². The van der Waals surface area contributed by atoms with Crippen molar-refractivity contribution in [3.05, 3.63) is 48.6 Å². The number of nitrogens with one attached hydrogen (secondary N) is 1. The lowest BCUT2D eigenvalue weighted by Gasteiger charge is -2.24. The van der Waals surface area contributed by atoms with Crippen LogP contribution in [0, 0.1) is 0 Å². The molecule has 0 aliphatic rings. The molecule has 61 heavy (non-hydrogen) atoms. The van der Waals surface area contributed by atoms with Gasteiger partial charge in [-0.05, 0) is 83.5 Å². The summed E-state index contributed by atoms with van der Waals surface area (Å²) < 4.78 is 5.93. The smallest absolute Gasteiger partial charge is 0.306 e. The summed E-state index contributed by atoms with van der Waals surface area (Å²) in [6.45, 7) is 6.42. The van der Waals surface area contributed by atoms with Crippen molar-refractivity contribution in [2.45, 2.75) is 283 Å². The maximum atomic E-state index is 13.2. The molecule has 0 saturated carbocycles. The van der Waals surface area contributed by atoms with Gasteiger partial charge < -0.3 is 20.3 Å². The lowest BCUT2D eigenvalue weighted by Crippen LogP contribution is -2.46. The van der Waals surface area contributed by atoms with E-state index in [0.29, 0.717) is 19.3 Å². The topological polar surface area (TPSA) is 95.9 Å². The molecule has 3 unspecified atom stereocenters. The zero-order chi connectivity index (χ0) is 44.5. The minimum Gasteiger partial charge on any atom is -0.462 e. The summed E-state index contributed by atoms with van der Waals surface area (Å²) in [5.74, 6) is -0.494. The number of allylic oxidation sites excluding steroid dienone is 8. The van der Waals surface area contributed by atoms with Gasteiger partial charge in [-0.2, -0.15) is 0 Å². The Labute approximate surface area is 378 Å². The predicted molar refractivity (Wildman–Crippen MR) is 264 cm³/mol. The molecule has 0 aromatic carbocycles. The van der Waals surface area contributed by atoms with Gasteiger partial charge in [-0.1, -0.05) is 217 Å². The zero-order valence-electron chi connectivity index (χ0n) is 40.5. The largest absolute Gasteiger partial charge is 0.462 e. The van der Waals surface area contributed by atoms with E-state index in [2.05, 4.69) is 74.7 Å². The molecular weight excluding hydrogens is 755 g/mol. The van der Waals surface area contributed by atoms with Crippen LogP contribution in [-0.2, 0) is 14.3 Å². The first-order valence-corrected chi connectivity index (χ1v) is 26.4. The van der Waals surface area contributed by atoms with Crippen LogP contribution in [0.4, 0.5) is 0 Å². The van der Waals surface area contributed by atoms with E-state index in [0.717, 1.165) is 83.5 Å². The summed E-state index contributed by atoms with van der Waals surface area (Å²) in [4.78, 5) is 26.1. The first-order chi connectivity index (χ1) is 30.0. The number of hydrogen-bond donors (Lipinski definition) is 3. The van der Waals surface area contributed by atoms with Crippen molar-refractivity contribution in [3.63, 3.8) is 0 Å². The Kier molecular flexibility index (Phi) is 47.1. The zero-order valence-corrected chi connectivity index (χ0v) is 40.5. The highest BCUT2D eigenvalue weighted by atomic mass is 16.5. The summed E-state index contributed by atoms with van der Waals surface area (Å²) in [7, 11) is 0. The Morgan fingerprint density at radius 1 is 0.492 bits per heavy atom. The van der Waals surface area contributed by atoms with Crippen LogP contribution in [0.2, 0.25) is 0 Å². The lowest BCUT2D eigenvalue weighted by molar-refractivity contribution is -0.151. The predicted octanol–water partition coefficient (Wildman–Crippen LogP) is 15.8. The summed E-state index contributed by atoms with van der Waals surface area (Å²) in [5, 5.41) is 23.7. The highest BCUT2D eigenvalue weighted by molar-refractivity contribution is 5.77. The van der Waals surface area contributed by atoms with Crippen molar-refractivity contribution >= 4 is 11.9 Å². The van der Waals surface area contributed by atoms with Crippen molar-refractivity contribution in [3.8, 4) is 0 Å². The van der Waals surface area contributed by atoms with Crippen molar-refractivity contribution in [1.29, 1.82) is 0 Å². The number of amides is 1. The van der Waals surface area contributed by atoms with Crippen molar-refractivity contribution in [1.82, 2.24) is 5.32 Å². The number of ether oxygens (including phenoxy) is 1. The molecule has 356 valence electrons. The highest BCUT2D eigenvalue weighted by Crippen LogP contribution is 2.18. The number of hydrogen-bond acceptors (Lipinski definition) is 5. The van der Waals surface area contributed by atoms with E-state index < -0.39 is 18.2 Å². The first kappa shape index (κ1) is 58.8. The first-order valence-electron chi connectivity index (χ1n) is 26.4. The van der Waals surface area contributed by atoms with Gasteiger partial charge in [0.05, 0.1) is 25.2 Å². The van der Waals surface area contributed by atoms with Crippen LogP contribution in [0.3, 0.4) is 0 Å². The van der Waals surface area contributed by atoms with E-state index in [1.54, 1.807) is 0 Å². The molecule has 3 atom stereocenters. The monoisotopic (exact) mass is 856 g/mol. The Hall–Kier alpha value is -2.18. The molecule has 0 fully saturated rings. The van der Waals surface area contributed by atoms with Crippen molar-refractivity contribution < 1.29 is 24.5 Å². The average molecular weight is 856 g/mol. The van der Waals surface area contributed by atoms with Crippen LogP contribution in [0.5, 0.6) is 0 Å². The molecule has 6 nitrogen and oxygen atoms in total. The van der Waals surface area contributed by atoms with Gasteiger partial charge in [-0.3, -0.25) is 9.59 Å².